The predicted octanol–water partition coefficient (Wildman–Crippen LogP) is 2.19. The van der Waals surface area contributed by atoms with Gasteiger partial charge in [0.25, 0.3) is 0 Å². The molecule has 0 radical (unpaired) electrons. The van der Waals surface area contributed by atoms with E-state index >= 15 is 0 Å². The molecule has 88 valence electrons. The number of halogens is 1. The van der Waals surface area contributed by atoms with Gasteiger partial charge in [-0.3, -0.25) is 14.1 Å². The maximum atomic E-state index is 12.0. The molecular weight excluding hydrogens is 282 g/mol. The van der Waals surface area contributed by atoms with E-state index < -0.39 is 0 Å². The highest BCUT2D eigenvalue weighted by Crippen LogP contribution is 2.33. The first kappa shape index (κ1) is 10.8. The third kappa shape index (κ3) is 2.20. The Bertz CT molecular complexity index is 598. The highest BCUT2D eigenvalue weighted by molar-refractivity contribution is 9.10. The van der Waals surface area contributed by atoms with Gasteiger partial charge >= 0.3 is 5.69 Å². The van der Waals surface area contributed by atoms with Crippen LogP contribution in [0.1, 0.15) is 24.4 Å². The zero-order chi connectivity index (χ0) is 11.8. The topological polar surface area (TPSA) is 39.8 Å². The van der Waals surface area contributed by atoms with E-state index in [9.17, 15) is 4.79 Å². The molecule has 1 fully saturated rings. The third-order valence-corrected chi connectivity index (χ3v) is 3.36. The Morgan fingerprint density at radius 1 is 1.35 bits per heavy atom. The summed E-state index contributed by atoms with van der Waals surface area (Å²) in [7, 11) is 0. The van der Waals surface area contributed by atoms with Crippen molar-refractivity contribution in [3.63, 3.8) is 0 Å². The predicted molar refractivity (Wildman–Crippen MR) is 68.0 cm³/mol. The SMILES string of the molecule is O=c1n(Cc2cncc(Br)c2)ccn1C1CC1. The van der Waals surface area contributed by atoms with Gasteiger partial charge in [-0.1, -0.05) is 0 Å². The third-order valence-electron chi connectivity index (χ3n) is 2.93. The van der Waals surface area contributed by atoms with E-state index in [1.165, 1.54) is 0 Å². The molecule has 0 atom stereocenters. The molecule has 4 nitrogen and oxygen atoms in total. The van der Waals surface area contributed by atoms with Gasteiger partial charge in [-0.2, -0.15) is 0 Å². The maximum absolute atomic E-state index is 12.0. The van der Waals surface area contributed by atoms with E-state index in [0.29, 0.717) is 12.6 Å². The Labute approximate surface area is 107 Å². The highest BCUT2D eigenvalue weighted by Gasteiger charge is 2.25. The molecule has 1 saturated carbocycles. The van der Waals surface area contributed by atoms with Gasteiger partial charge in [-0.05, 0) is 40.4 Å². The van der Waals surface area contributed by atoms with Crippen LogP contribution in [-0.4, -0.2) is 14.1 Å². The molecule has 5 heteroatoms. The normalized spacial score (nSPS) is 15.1. The molecule has 2 aromatic heterocycles. The van der Waals surface area contributed by atoms with E-state index in [1.54, 1.807) is 17.0 Å². The standard InChI is InChI=1S/C12H12BrN3O/c13-10-5-9(6-14-7-10)8-15-3-4-16(12(15)17)11-1-2-11/h3-7,11H,1-2,8H2. The number of hydrogen-bond acceptors (Lipinski definition) is 2. The lowest BCUT2D eigenvalue weighted by Gasteiger charge is -2.02. The van der Waals surface area contributed by atoms with Crippen LogP contribution in [0.25, 0.3) is 0 Å². The molecule has 1 aliphatic carbocycles. The molecular formula is C12H12BrN3O. The van der Waals surface area contributed by atoms with Crippen LogP contribution in [-0.2, 0) is 6.54 Å². The number of aromatic nitrogens is 3. The van der Waals surface area contributed by atoms with Crippen LogP contribution in [0.3, 0.4) is 0 Å². The summed E-state index contributed by atoms with van der Waals surface area (Å²) < 4.78 is 4.48. The molecule has 0 aromatic carbocycles. The Hall–Kier alpha value is -1.36. The minimum Gasteiger partial charge on any atom is -0.296 e. The van der Waals surface area contributed by atoms with Gasteiger partial charge < -0.3 is 0 Å². The van der Waals surface area contributed by atoms with E-state index in [1.807, 2.05) is 23.0 Å². The van der Waals surface area contributed by atoms with Crippen LogP contribution >= 0.6 is 15.9 Å². The summed E-state index contributed by atoms with van der Waals surface area (Å²) in [5.41, 5.74) is 1.10. The number of pyridine rings is 1. The number of rotatable bonds is 3. The molecule has 3 rings (SSSR count). The fourth-order valence-electron chi connectivity index (χ4n) is 1.92. The van der Waals surface area contributed by atoms with Crippen molar-refractivity contribution >= 4 is 15.9 Å². The second kappa shape index (κ2) is 4.14. The molecule has 0 amide bonds. The van der Waals surface area contributed by atoms with Crippen LogP contribution < -0.4 is 5.69 Å². The lowest BCUT2D eigenvalue weighted by atomic mass is 10.3. The van der Waals surface area contributed by atoms with Gasteiger partial charge in [0.05, 0.1) is 6.54 Å². The molecule has 0 saturated heterocycles. The fraction of sp³-hybridized carbons (Fsp3) is 0.333. The summed E-state index contributed by atoms with van der Waals surface area (Å²) in [6, 6.07) is 2.41. The minimum absolute atomic E-state index is 0.0764. The van der Waals surface area contributed by atoms with Crippen LogP contribution in [0.15, 0.2) is 40.1 Å². The molecule has 0 aliphatic heterocycles. The van der Waals surface area contributed by atoms with Gasteiger partial charge in [0, 0.05) is 35.3 Å². The van der Waals surface area contributed by atoms with Gasteiger partial charge in [-0.25, -0.2) is 4.79 Å². The zero-order valence-electron chi connectivity index (χ0n) is 9.21. The number of nitrogens with zero attached hydrogens (tertiary/aromatic N) is 3. The summed E-state index contributed by atoms with van der Waals surface area (Å²) in [5, 5.41) is 0. The molecule has 0 spiro atoms. The molecule has 17 heavy (non-hydrogen) atoms. The summed E-state index contributed by atoms with van der Waals surface area (Å²) in [5.74, 6) is 0. The average molecular weight is 294 g/mol. The smallest absolute Gasteiger partial charge is 0.296 e. The van der Waals surface area contributed by atoms with Gasteiger partial charge in [0.1, 0.15) is 0 Å². The quantitative estimate of drug-likeness (QED) is 0.870. The number of hydrogen-bond donors (Lipinski definition) is 0. The maximum Gasteiger partial charge on any atom is 0.328 e. The lowest BCUT2D eigenvalue weighted by molar-refractivity contribution is 0.655. The second-order valence-electron chi connectivity index (χ2n) is 4.36. The molecule has 0 N–H and O–H groups in total. The molecule has 2 heterocycles. The van der Waals surface area contributed by atoms with Crippen LogP contribution in [0, 0.1) is 0 Å². The van der Waals surface area contributed by atoms with E-state index in [-0.39, 0.29) is 5.69 Å². The molecule has 1 aliphatic rings. The van der Waals surface area contributed by atoms with Gasteiger partial charge in [0.2, 0.25) is 0 Å². The Kier molecular flexibility index (Phi) is 2.63. The van der Waals surface area contributed by atoms with Crippen molar-refractivity contribution in [2.75, 3.05) is 0 Å². The Morgan fingerprint density at radius 2 is 2.18 bits per heavy atom. The summed E-state index contributed by atoms with van der Waals surface area (Å²) in [6.07, 6.45) is 9.50. The summed E-state index contributed by atoms with van der Waals surface area (Å²) in [4.78, 5) is 16.1. The van der Waals surface area contributed by atoms with Gasteiger partial charge in [0.15, 0.2) is 0 Å². The fourth-order valence-corrected chi connectivity index (χ4v) is 2.33. The van der Waals surface area contributed by atoms with Crippen LogP contribution in [0.5, 0.6) is 0 Å². The molecule has 0 bridgehead atoms. The van der Waals surface area contributed by atoms with E-state index in [2.05, 4.69) is 20.9 Å². The van der Waals surface area contributed by atoms with Crippen molar-refractivity contribution in [1.82, 2.24) is 14.1 Å². The zero-order valence-corrected chi connectivity index (χ0v) is 10.8. The van der Waals surface area contributed by atoms with E-state index in [0.717, 1.165) is 22.9 Å². The monoisotopic (exact) mass is 293 g/mol. The first-order chi connectivity index (χ1) is 8.24. The molecule has 0 unspecified atom stereocenters. The largest absolute Gasteiger partial charge is 0.328 e. The number of imidazole rings is 1. The van der Waals surface area contributed by atoms with Gasteiger partial charge in [-0.15, -0.1) is 0 Å². The molecule has 2 aromatic rings. The highest BCUT2D eigenvalue weighted by atomic mass is 79.9. The van der Waals surface area contributed by atoms with Crippen molar-refractivity contribution in [2.45, 2.75) is 25.4 Å². The van der Waals surface area contributed by atoms with E-state index in [4.69, 9.17) is 0 Å². The Morgan fingerprint density at radius 3 is 2.88 bits per heavy atom. The lowest BCUT2D eigenvalue weighted by Crippen LogP contribution is -2.23. The second-order valence-corrected chi connectivity index (χ2v) is 5.27. The average Bonchev–Trinajstić information content (AvgIpc) is 3.07. The van der Waals surface area contributed by atoms with Crippen molar-refractivity contribution in [1.29, 1.82) is 0 Å². The van der Waals surface area contributed by atoms with Crippen LogP contribution in [0.2, 0.25) is 0 Å². The van der Waals surface area contributed by atoms with Crippen molar-refractivity contribution < 1.29 is 0 Å². The summed E-state index contributed by atoms with van der Waals surface area (Å²) in [6.45, 7) is 0.574. The first-order valence-electron chi connectivity index (χ1n) is 5.61. The van der Waals surface area contributed by atoms with Crippen molar-refractivity contribution in [2.24, 2.45) is 0 Å². The van der Waals surface area contributed by atoms with Crippen molar-refractivity contribution in [3.8, 4) is 0 Å². The first-order valence-corrected chi connectivity index (χ1v) is 6.40. The summed E-state index contributed by atoms with van der Waals surface area (Å²) >= 11 is 3.38. The Balaban J connectivity index is 1.88. The van der Waals surface area contributed by atoms with Crippen LogP contribution in [0.4, 0.5) is 0 Å². The minimum atomic E-state index is 0.0764. The van der Waals surface area contributed by atoms with Crippen molar-refractivity contribution in [3.05, 3.63) is 51.4 Å².